The van der Waals surface area contributed by atoms with Crippen molar-refractivity contribution >= 4 is 17.8 Å². The molecule has 4 rings (SSSR count). The van der Waals surface area contributed by atoms with Gasteiger partial charge in [-0.05, 0) is 28.8 Å². The van der Waals surface area contributed by atoms with Crippen molar-refractivity contribution in [3.8, 4) is 0 Å². The third kappa shape index (κ3) is 4.61. The van der Waals surface area contributed by atoms with Gasteiger partial charge >= 0.3 is 0 Å². The maximum absolute atomic E-state index is 6.05. The maximum atomic E-state index is 6.05. The van der Waals surface area contributed by atoms with Crippen LogP contribution < -0.4 is 0 Å². The van der Waals surface area contributed by atoms with Crippen molar-refractivity contribution in [2.45, 2.75) is 6.04 Å². The highest BCUT2D eigenvalue weighted by Gasteiger charge is 2.25. The molecule has 0 spiro atoms. The van der Waals surface area contributed by atoms with Crippen molar-refractivity contribution in [2.24, 2.45) is 5.10 Å². The van der Waals surface area contributed by atoms with Crippen LogP contribution in [-0.4, -0.2) is 42.3 Å². The molecule has 0 atom stereocenters. The fourth-order valence-electron chi connectivity index (χ4n) is 3.70. The van der Waals surface area contributed by atoms with Crippen LogP contribution in [0.15, 0.2) is 90.0 Å². The predicted molar refractivity (Wildman–Crippen MR) is 117 cm³/mol. The summed E-state index contributed by atoms with van der Waals surface area (Å²) < 4.78 is 0. The molecule has 0 aromatic heterocycles. The lowest BCUT2D eigenvalue weighted by Gasteiger charge is -2.38. The normalized spacial score (nSPS) is 15.4. The van der Waals surface area contributed by atoms with Crippen LogP contribution in [-0.2, 0) is 0 Å². The minimum Gasteiger partial charge on any atom is -0.294 e. The molecule has 142 valence electrons. The lowest BCUT2D eigenvalue weighted by Crippen LogP contribution is -2.45. The van der Waals surface area contributed by atoms with E-state index in [1.165, 1.54) is 11.1 Å². The summed E-state index contributed by atoms with van der Waals surface area (Å²) in [5, 5.41) is 7.54. The van der Waals surface area contributed by atoms with Crippen LogP contribution in [0.1, 0.15) is 22.7 Å². The van der Waals surface area contributed by atoms with Crippen molar-refractivity contribution in [2.75, 3.05) is 26.2 Å². The molecule has 0 aliphatic carbocycles. The van der Waals surface area contributed by atoms with Gasteiger partial charge in [0, 0.05) is 31.2 Å². The summed E-state index contributed by atoms with van der Waals surface area (Å²) in [6.45, 7) is 3.77. The highest BCUT2D eigenvalue weighted by molar-refractivity contribution is 6.30. The standard InChI is InChI=1S/C24H24ClN3/c25-23-13-7-8-20(18-23)19-26-28-16-14-27(15-17-28)24(21-9-3-1-4-10-21)22-11-5-2-6-12-22/h1-13,18-19,24H,14-17H2. The van der Waals surface area contributed by atoms with E-state index in [0.717, 1.165) is 36.8 Å². The Balaban J connectivity index is 1.46. The van der Waals surface area contributed by atoms with Gasteiger partial charge in [-0.2, -0.15) is 5.10 Å². The molecule has 0 N–H and O–H groups in total. The minimum absolute atomic E-state index is 0.279. The van der Waals surface area contributed by atoms with Crippen LogP contribution in [0.5, 0.6) is 0 Å². The minimum atomic E-state index is 0.279. The van der Waals surface area contributed by atoms with Gasteiger partial charge in [0.15, 0.2) is 0 Å². The Morgan fingerprint density at radius 3 is 1.93 bits per heavy atom. The summed E-state index contributed by atoms with van der Waals surface area (Å²) in [6, 6.07) is 29.6. The van der Waals surface area contributed by atoms with E-state index in [1.54, 1.807) is 0 Å². The van der Waals surface area contributed by atoms with E-state index >= 15 is 0 Å². The molecule has 0 saturated carbocycles. The molecule has 0 unspecified atom stereocenters. The van der Waals surface area contributed by atoms with Crippen LogP contribution in [0, 0.1) is 0 Å². The first-order chi connectivity index (χ1) is 13.8. The van der Waals surface area contributed by atoms with Gasteiger partial charge in [0.05, 0.1) is 12.3 Å². The summed E-state index contributed by atoms with van der Waals surface area (Å²) in [5.74, 6) is 0. The largest absolute Gasteiger partial charge is 0.294 e. The quantitative estimate of drug-likeness (QED) is 0.566. The van der Waals surface area contributed by atoms with E-state index in [9.17, 15) is 0 Å². The molecule has 1 heterocycles. The maximum Gasteiger partial charge on any atom is 0.0603 e. The van der Waals surface area contributed by atoms with Gasteiger partial charge in [-0.15, -0.1) is 0 Å². The topological polar surface area (TPSA) is 18.8 Å². The Morgan fingerprint density at radius 2 is 1.36 bits per heavy atom. The fourth-order valence-corrected chi connectivity index (χ4v) is 3.90. The van der Waals surface area contributed by atoms with Gasteiger partial charge < -0.3 is 0 Å². The zero-order valence-electron chi connectivity index (χ0n) is 15.8. The molecule has 0 bridgehead atoms. The van der Waals surface area contributed by atoms with E-state index in [0.29, 0.717) is 0 Å². The summed E-state index contributed by atoms with van der Waals surface area (Å²) in [4.78, 5) is 2.55. The zero-order valence-corrected chi connectivity index (χ0v) is 16.5. The van der Waals surface area contributed by atoms with E-state index in [-0.39, 0.29) is 6.04 Å². The second kappa shape index (κ2) is 9.05. The Morgan fingerprint density at radius 1 is 0.750 bits per heavy atom. The number of nitrogens with zero attached hydrogens (tertiary/aromatic N) is 3. The third-order valence-corrected chi connectivity index (χ3v) is 5.34. The molecule has 3 aromatic rings. The van der Waals surface area contributed by atoms with Crippen molar-refractivity contribution in [3.05, 3.63) is 107 Å². The molecule has 1 aliphatic heterocycles. The average Bonchev–Trinajstić information content (AvgIpc) is 2.75. The third-order valence-electron chi connectivity index (χ3n) is 5.11. The summed E-state index contributed by atoms with van der Waals surface area (Å²) >= 11 is 6.05. The monoisotopic (exact) mass is 389 g/mol. The number of piperazine rings is 1. The van der Waals surface area contributed by atoms with Crippen molar-refractivity contribution in [1.82, 2.24) is 9.91 Å². The molecule has 1 saturated heterocycles. The zero-order chi connectivity index (χ0) is 19.2. The number of hydrogen-bond acceptors (Lipinski definition) is 3. The molecule has 28 heavy (non-hydrogen) atoms. The van der Waals surface area contributed by atoms with Crippen LogP contribution in [0.25, 0.3) is 0 Å². The molecule has 4 heteroatoms. The van der Waals surface area contributed by atoms with Crippen LogP contribution >= 0.6 is 11.6 Å². The van der Waals surface area contributed by atoms with Crippen molar-refractivity contribution in [3.63, 3.8) is 0 Å². The van der Waals surface area contributed by atoms with E-state index in [2.05, 4.69) is 75.7 Å². The number of rotatable bonds is 5. The number of hydrogen-bond donors (Lipinski definition) is 0. The number of halogens is 1. The Kier molecular flexibility index (Phi) is 6.05. The van der Waals surface area contributed by atoms with E-state index in [4.69, 9.17) is 11.6 Å². The van der Waals surface area contributed by atoms with Gasteiger partial charge in [0.1, 0.15) is 0 Å². The first kappa shape index (κ1) is 18.7. The van der Waals surface area contributed by atoms with Gasteiger partial charge in [-0.25, -0.2) is 0 Å². The molecular weight excluding hydrogens is 366 g/mol. The summed E-state index contributed by atoms with van der Waals surface area (Å²) in [5.41, 5.74) is 3.70. The smallest absolute Gasteiger partial charge is 0.0603 e. The number of benzene rings is 3. The van der Waals surface area contributed by atoms with Crippen LogP contribution in [0.2, 0.25) is 5.02 Å². The Bertz CT molecular complexity index is 864. The predicted octanol–water partition coefficient (Wildman–Crippen LogP) is 5.08. The first-order valence-corrected chi connectivity index (χ1v) is 10.1. The fraction of sp³-hybridized carbons (Fsp3) is 0.208. The number of hydrazone groups is 1. The molecular formula is C24H24ClN3. The second-order valence-corrected chi connectivity index (χ2v) is 7.45. The molecule has 1 aliphatic rings. The van der Waals surface area contributed by atoms with Gasteiger partial charge in [-0.1, -0.05) is 84.4 Å². The van der Waals surface area contributed by atoms with Gasteiger partial charge in [0.2, 0.25) is 0 Å². The van der Waals surface area contributed by atoms with E-state index < -0.39 is 0 Å². The highest BCUT2D eigenvalue weighted by Crippen LogP contribution is 2.29. The van der Waals surface area contributed by atoms with Crippen molar-refractivity contribution in [1.29, 1.82) is 0 Å². The molecule has 3 aromatic carbocycles. The molecule has 1 fully saturated rings. The second-order valence-electron chi connectivity index (χ2n) is 7.01. The molecule has 0 amide bonds. The molecule has 0 radical (unpaired) electrons. The SMILES string of the molecule is Clc1cccc(C=NN2CCN(C(c3ccccc3)c3ccccc3)CC2)c1. The average molecular weight is 390 g/mol. The van der Waals surface area contributed by atoms with Gasteiger partial charge in [-0.3, -0.25) is 9.91 Å². The lowest BCUT2D eigenvalue weighted by atomic mass is 9.96. The Hall–Kier alpha value is -2.62. The summed E-state index contributed by atoms with van der Waals surface area (Å²) in [6.07, 6.45) is 1.90. The Labute approximate surface area is 171 Å². The van der Waals surface area contributed by atoms with Crippen LogP contribution in [0.4, 0.5) is 0 Å². The van der Waals surface area contributed by atoms with Crippen molar-refractivity contribution < 1.29 is 0 Å². The summed E-state index contributed by atoms with van der Waals surface area (Å²) in [7, 11) is 0. The first-order valence-electron chi connectivity index (χ1n) is 9.68. The molecule has 3 nitrogen and oxygen atoms in total. The van der Waals surface area contributed by atoms with Gasteiger partial charge in [0.25, 0.3) is 0 Å². The lowest BCUT2D eigenvalue weighted by molar-refractivity contribution is 0.113. The highest BCUT2D eigenvalue weighted by atomic mass is 35.5. The van der Waals surface area contributed by atoms with E-state index in [1.807, 2.05) is 30.5 Å². The van der Waals surface area contributed by atoms with Crippen LogP contribution in [0.3, 0.4) is 0 Å².